The van der Waals surface area contributed by atoms with Crippen molar-refractivity contribution in [3.8, 4) is 6.07 Å². The van der Waals surface area contributed by atoms with Crippen molar-refractivity contribution in [2.24, 2.45) is 0 Å². The van der Waals surface area contributed by atoms with E-state index in [4.69, 9.17) is 14.7 Å². The summed E-state index contributed by atoms with van der Waals surface area (Å²) in [7, 11) is 0. The van der Waals surface area contributed by atoms with E-state index in [1.807, 2.05) is 30.3 Å². The molecule has 2 heterocycles. The number of cyclic esters (lactones) is 1. The van der Waals surface area contributed by atoms with Crippen molar-refractivity contribution in [1.82, 2.24) is 9.80 Å². The fraction of sp³-hybridized carbons (Fsp3) is 0.400. The van der Waals surface area contributed by atoms with Crippen LogP contribution in [0.3, 0.4) is 0 Å². The van der Waals surface area contributed by atoms with Crippen LogP contribution in [-0.4, -0.2) is 73.8 Å². The molecule has 172 valence electrons. The Bertz CT molecular complexity index is 982. The average molecular weight is 449 g/mol. The van der Waals surface area contributed by atoms with Crippen molar-refractivity contribution in [2.75, 3.05) is 50.7 Å². The van der Waals surface area contributed by atoms with Crippen molar-refractivity contribution < 1.29 is 19.1 Å². The topological polar surface area (TPSA) is 86.1 Å². The van der Waals surface area contributed by atoms with Gasteiger partial charge in [0.1, 0.15) is 12.7 Å². The van der Waals surface area contributed by atoms with Gasteiger partial charge in [-0.1, -0.05) is 30.3 Å². The van der Waals surface area contributed by atoms with E-state index in [9.17, 15) is 9.59 Å². The maximum Gasteiger partial charge on any atom is 0.414 e. The number of carbonyl (C=O) groups is 2. The smallest absolute Gasteiger partial charge is 0.414 e. The van der Waals surface area contributed by atoms with E-state index in [1.54, 1.807) is 29.2 Å². The summed E-state index contributed by atoms with van der Waals surface area (Å²) in [5.41, 5.74) is 2.29. The summed E-state index contributed by atoms with van der Waals surface area (Å²) < 4.78 is 10.9. The lowest BCUT2D eigenvalue weighted by Gasteiger charge is -2.35. The average Bonchev–Trinajstić information content (AvgIpc) is 3.22. The second-order valence-corrected chi connectivity index (χ2v) is 8.31. The maximum absolute atomic E-state index is 12.3. The second-order valence-electron chi connectivity index (χ2n) is 8.31. The molecule has 1 amide bonds. The highest BCUT2D eigenvalue weighted by atomic mass is 16.6. The van der Waals surface area contributed by atoms with Gasteiger partial charge in [0.2, 0.25) is 0 Å². The van der Waals surface area contributed by atoms with Crippen LogP contribution in [0.5, 0.6) is 0 Å². The quantitative estimate of drug-likeness (QED) is 0.574. The number of ether oxygens (including phenoxy) is 2. The van der Waals surface area contributed by atoms with Gasteiger partial charge < -0.3 is 14.4 Å². The molecule has 1 atom stereocenters. The third-order valence-electron chi connectivity index (χ3n) is 5.98. The number of carbonyl (C=O) groups excluding carboxylic acids is 2. The van der Waals surface area contributed by atoms with Crippen LogP contribution < -0.4 is 4.90 Å². The zero-order chi connectivity index (χ0) is 23.0. The molecule has 0 saturated carbocycles. The number of hydrogen-bond acceptors (Lipinski definition) is 7. The summed E-state index contributed by atoms with van der Waals surface area (Å²) in [6.07, 6.45) is -0.155. The van der Waals surface area contributed by atoms with Crippen LogP contribution in [0.15, 0.2) is 54.6 Å². The molecule has 2 fully saturated rings. The Morgan fingerprint density at radius 1 is 1.03 bits per heavy atom. The Balaban J connectivity index is 1.15. The zero-order valence-electron chi connectivity index (χ0n) is 18.6. The molecular formula is C25H28N4O4. The van der Waals surface area contributed by atoms with Crippen molar-refractivity contribution in [1.29, 1.82) is 5.26 Å². The van der Waals surface area contributed by atoms with Gasteiger partial charge in [-0.05, 0) is 29.8 Å². The molecule has 33 heavy (non-hydrogen) atoms. The van der Waals surface area contributed by atoms with Crippen molar-refractivity contribution in [2.45, 2.75) is 19.1 Å². The Kier molecular flexibility index (Phi) is 7.55. The molecule has 0 radical (unpaired) electrons. The lowest BCUT2D eigenvalue weighted by atomic mass is 10.2. The molecule has 0 aliphatic carbocycles. The van der Waals surface area contributed by atoms with Gasteiger partial charge in [-0.25, -0.2) is 4.79 Å². The van der Waals surface area contributed by atoms with Gasteiger partial charge in [-0.2, -0.15) is 5.26 Å². The molecule has 8 nitrogen and oxygen atoms in total. The van der Waals surface area contributed by atoms with Gasteiger partial charge >= 0.3 is 12.1 Å². The van der Waals surface area contributed by atoms with Crippen LogP contribution in [-0.2, 0) is 20.9 Å². The van der Waals surface area contributed by atoms with E-state index in [2.05, 4.69) is 15.9 Å². The molecule has 2 aromatic carbocycles. The first-order valence-electron chi connectivity index (χ1n) is 11.2. The molecular weight excluding hydrogens is 420 g/mol. The third-order valence-corrected chi connectivity index (χ3v) is 5.98. The lowest BCUT2D eigenvalue weighted by molar-refractivity contribution is -0.145. The predicted molar refractivity (Wildman–Crippen MR) is 123 cm³/mol. The summed E-state index contributed by atoms with van der Waals surface area (Å²) in [6.45, 7) is 5.65. The molecule has 4 rings (SSSR count). The van der Waals surface area contributed by atoms with Crippen LogP contribution >= 0.6 is 0 Å². The number of esters is 1. The molecule has 0 bridgehead atoms. The molecule has 2 aliphatic heterocycles. The van der Waals surface area contributed by atoms with Crippen LogP contribution in [0.4, 0.5) is 10.5 Å². The van der Waals surface area contributed by atoms with E-state index in [0.29, 0.717) is 38.2 Å². The Labute approximate surface area is 193 Å². The number of hydrogen-bond donors (Lipinski definition) is 0. The van der Waals surface area contributed by atoms with Gasteiger partial charge in [-0.3, -0.25) is 14.6 Å². The highest BCUT2D eigenvalue weighted by Gasteiger charge is 2.34. The van der Waals surface area contributed by atoms with Crippen molar-refractivity contribution >= 4 is 17.7 Å². The maximum atomic E-state index is 12.3. The van der Waals surface area contributed by atoms with Crippen molar-refractivity contribution in [3.05, 3.63) is 65.7 Å². The first-order valence-corrected chi connectivity index (χ1v) is 11.2. The Morgan fingerprint density at radius 2 is 1.73 bits per heavy atom. The van der Waals surface area contributed by atoms with E-state index in [0.717, 1.165) is 37.4 Å². The summed E-state index contributed by atoms with van der Waals surface area (Å²) in [5.74, 6) is -0.179. The number of amides is 1. The summed E-state index contributed by atoms with van der Waals surface area (Å²) in [5, 5.41) is 8.93. The highest BCUT2D eigenvalue weighted by Crippen LogP contribution is 2.22. The van der Waals surface area contributed by atoms with E-state index in [-0.39, 0.29) is 18.2 Å². The number of nitriles is 1. The molecule has 8 heteroatoms. The monoisotopic (exact) mass is 448 g/mol. The molecule has 2 saturated heterocycles. The minimum atomic E-state index is -0.350. The lowest BCUT2D eigenvalue weighted by Crippen LogP contribution is -2.49. The Morgan fingerprint density at radius 3 is 2.42 bits per heavy atom. The number of nitrogens with zero attached hydrogens (tertiary/aromatic N) is 4. The minimum Gasteiger partial charge on any atom is -0.461 e. The molecule has 0 aromatic heterocycles. The van der Waals surface area contributed by atoms with Crippen molar-refractivity contribution in [3.63, 3.8) is 0 Å². The van der Waals surface area contributed by atoms with Crippen LogP contribution in [0, 0.1) is 11.3 Å². The normalized spacial score (nSPS) is 19.2. The minimum absolute atomic E-state index is 0.179. The van der Waals surface area contributed by atoms with E-state index in [1.165, 1.54) is 0 Å². The number of benzene rings is 2. The number of anilines is 1. The molecule has 0 N–H and O–H groups in total. The summed E-state index contributed by atoms with van der Waals surface area (Å²) in [6, 6.07) is 18.7. The fourth-order valence-corrected chi connectivity index (χ4v) is 4.09. The van der Waals surface area contributed by atoms with E-state index < -0.39 is 0 Å². The molecule has 2 aliphatic rings. The first-order chi connectivity index (χ1) is 16.1. The number of rotatable bonds is 8. The van der Waals surface area contributed by atoms with Gasteiger partial charge in [-0.15, -0.1) is 0 Å². The molecule has 0 spiro atoms. The van der Waals surface area contributed by atoms with Gasteiger partial charge in [0.15, 0.2) is 0 Å². The van der Waals surface area contributed by atoms with Gasteiger partial charge in [0.25, 0.3) is 0 Å². The SMILES string of the molecule is N#Cc1ccc(N2C[C@@H](CN3CCN(CCC(=O)OCc4ccccc4)CC3)OC2=O)cc1. The van der Waals surface area contributed by atoms with Crippen LogP contribution in [0.25, 0.3) is 0 Å². The third kappa shape index (κ3) is 6.31. The van der Waals surface area contributed by atoms with Gasteiger partial charge in [0, 0.05) is 45.0 Å². The summed E-state index contributed by atoms with van der Waals surface area (Å²) >= 11 is 0. The highest BCUT2D eigenvalue weighted by molar-refractivity contribution is 5.89. The van der Waals surface area contributed by atoms with E-state index >= 15 is 0 Å². The molecule has 0 unspecified atom stereocenters. The van der Waals surface area contributed by atoms with Crippen LogP contribution in [0.2, 0.25) is 0 Å². The van der Waals surface area contributed by atoms with Gasteiger partial charge in [0.05, 0.1) is 24.6 Å². The fourth-order valence-electron chi connectivity index (χ4n) is 4.09. The summed E-state index contributed by atoms with van der Waals surface area (Å²) in [4.78, 5) is 30.5. The predicted octanol–water partition coefficient (Wildman–Crippen LogP) is 2.63. The Hall–Kier alpha value is -3.41. The number of piperazine rings is 1. The van der Waals surface area contributed by atoms with Crippen LogP contribution in [0.1, 0.15) is 17.5 Å². The first kappa shape index (κ1) is 22.8. The molecule has 2 aromatic rings. The second kappa shape index (κ2) is 10.9. The standard InChI is InChI=1S/C25H28N4O4/c26-16-20-6-8-22(9-7-20)29-18-23(33-25(29)31)17-28-14-12-27(13-15-28)11-10-24(30)32-19-21-4-2-1-3-5-21/h1-9,23H,10-15,17-19H2/t23-/m1/s1. The zero-order valence-corrected chi connectivity index (χ0v) is 18.6. The largest absolute Gasteiger partial charge is 0.461 e.